The van der Waals surface area contributed by atoms with E-state index in [1.54, 1.807) is 0 Å². The fourth-order valence-electron chi connectivity index (χ4n) is 4.81. The van der Waals surface area contributed by atoms with Gasteiger partial charge >= 0.3 is 0 Å². The first-order valence-electron chi connectivity index (χ1n) is 10.8. The van der Waals surface area contributed by atoms with Gasteiger partial charge < -0.3 is 15.2 Å². The number of aromatic amines is 1. The fraction of sp³-hybridized carbons (Fsp3) is 0.360. The number of anilines is 1. The van der Waals surface area contributed by atoms with E-state index in [4.69, 9.17) is 0 Å². The highest BCUT2D eigenvalue weighted by Gasteiger charge is 2.34. The molecule has 2 amide bonds. The summed E-state index contributed by atoms with van der Waals surface area (Å²) in [6.07, 6.45) is 6.52. The lowest BCUT2D eigenvalue weighted by molar-refractivity contribution is -0.128. The first-order chi connectivity index (χ1) is 14.6. The number of hydrogen-bond acceptors (Lipinski definition) is 2. The van der Waals surface area contributed by atoms with Gasteiger partial charge in [0, 0.05) is 42.3 Å². The van der Waals surface area contributed by atoms with Gasteiger partial charge in [-0.05, 0) is 73.6 Å². The third-order valence-electron chi connectivity index (χ3n) is 6.53. The molecule has 2 aliphatic rings. The molecule has 5 nitrogen and oxygen atoms in total. The molecule has 2 heterocycles. The highest BCUT2D eigenvalue weighted by molar-refractivity contribution is 5.97. The van der Waals surface area contributed by atoms with Gasteiger partial charge in [-0.1, -0.05) is 17.7 Å². The highest BCUT2D eigenvalue weighted by Crippen LogP contribution is 2.27. The lowest BCUT2D eigenvalue weighted by Crippen LogP contribution is -2.30. The van der Waals surface area contributed by atoms with E-state index in [2.05, 4.69) is 47.6 Å². The third-order valence-corrected chi connectivity index (χ3v) is 6.53. The lowest BCUT2D eigenvalue weighted by atomic mass is 10.1. The Hall–Kier alpha value is -3.08. The smallest absolute Gasteiger partial charge is 0.229 e. The quantitative estimate of drug-likeness (QED) is 0.679. The summed E-state index contributed by atoms with van der Waals surface area (Å²) in [7, 11) is 0. The Morgan fingerprint density at radius 3 is 2.93 bits per heavy atom. The maximum absolute atomic E-state index is 12.8. The van der Waals surface area contributed by atoms with Gasteiger partial charge in [0.25, 0.3) is 0 Å². The Kier molecular flexibility index (Phi) is 4.81. The maximum atomic E-state index is 12.8. The first-order valence-corrected chi connectivity index (χ1v) is 10.8. The summed E-state index contributed by atoms with van der Waals surface area (Å²) in [6.45, 7) is 3.23. The number of carbonyl (C=O) groups excluding carboxylic acids is 2. The van der Waals surface area contributed by atoms with E-state index < -0.39 is 0 Å². The number of benzene rings is 2. The number of aryl methyl sites for hydroxylation is 3. The van der Waals surface area contributed by atoms with Crippen LogP contribution in [0.25, 0.3) is 10.9 Å². The molecule has 1 atom stereocenters. The molecule has 2 aromatic carbocycles. The molecule has 1 aromatic heterocycles. The standard InChI is InChI=1S/C25H27N3O2/c1-16-5-8-23-22(11-16)19(14-26-23)9-10-28-15-20(13-24(28)29)25(30)27-21-7-6-17-3-2-4-18(17)12-21/h5-8,11-12,14,20,26H,2-4,9-10,13,15H2,1H3,(H,27,30). The van der Waals surface area contributed by atoms with E-state index in [9.17, 15) is 9.59 Å². The monoisotopic (exact) mass is 401 g/mol. The number of amides is 2. The molecule has 0 saturated carbocycles. The molecule has 1 aliphatic carbocycles. The molecule has 30 heavy (non-hydrogen) atoms. The van der Waals surface area contributed by atoms with Crippen molar-refractivity contribution in [3.8, 4) is 0 Å². The van der Waals surface area contributed by atoms with Crippen LogP contribution in [0.1, 0.15) is 35.1 Å². The van der Waals surface area contributed by atoms with Crippen LogP contribution < -0.4 is 5.32 Å². The van der Waals surface area contributed by atoms with E-state index in [0.29, 0.717) is 19.5 Å². The molecule has 1 fully saturated rings. The van der Waals surface area contributed by atoms with Crippen molar-refractivity contribution in [2.45, 2.75) is 39.0 Å². The van der Waals surface area contributed by atoms with Crippen molar-refractivity contribution >= 4 is 28.4 Å². The molecule has 5 heteroatoms. The van der Waals surface area contributed by atoms with E-state index >= 15 is 0 Å². The Bertz CT molecular complexity index is 1130. The van der Waals surface area contributed by atoms with Crippen molar-refractivity contribution in [3.05, 3.63) is 64.8 Å². The van der Waals surface area contributed by atoms with Gasteiger partial charge in [-0.2, -0.15) is 0 Å². The number of rotatable bonds is 5. The topological polar surface area (TPSA) is 65.2 Å². The van der Waals surface area contributed by atoms with Gasteiger partial charge in [0.15, 0.2) is 0 Å². The van der Waals surface area contributed by atoms with Gasteiger partial charge in [0.2, 0.25) is 11.8 Å². The normalized spacial score (nSPS) is 18.2. The molecule has 0 radical (unpaired) electrons. The molecule has 1 unspecified atom stereocenters. The van der Waals surface area contributed by atoms with Gasteiger partial charge in [-0.25, -0.2) is 0 Å². The van der Waals surface area contributed by atoms with Crippen molar-refractivity contribution < 1.29 is 9.59 Å². The number of hydrogen-bond donors (Lipinski definition) is 2. The van der Waals surface area contributed by atoms with E-state index in [1.165, 1.54) is 34.1 Å². The molecule has 2 N–H and O–H groups in total. The second kappa shape index (κ2) is 7.63. The van der Waals surface area contributed by atoms with Gasteiger partial charge in [0.05, 0.1) is 5.92 Å². The van der Waals surface area contributed by atoms with E-state index in [1.807, 2.05) is 17.2 Å². The summed E-state index contributed by atoms with van der Waals surface area (Å²) in [6, 6.07) is 12.6. The number of H-pyrrole nitrogens is 1. The first kappa shape index (κ1) is 18.9. The molecule has 3 aromatic rings. The van der Waals surface area contributed by atoms with E-state index in [0.717, 1.165) is 30.5 Å². The minimum atomic E-state index is -0.282. The van der Waals surface area contributed by atoms with Crippen LogP contribution in [0.4, 0.5) is 5.69 Å². The van der Waals surface area contributed by atoms with Gasteiger partial charge in [-0.15, -0.1) is 0 Å². The number of carbonyl (C=O) groups is 2. The van der Waals surface area contributed by atoms with Crippen molar-refractivity contribution in [2.24, 2.45) is 5.92 Å². The van der Waals surface area contributed by atoms with Crippen molar-refractivity contribution in [3.63, 3.8) is 0 Å². The summed E-state index contributed by atoms with van der Waals surface area (Å²) in [5.74, 6) is -0.261. The third kappa shape index (κ3) is 3.60. The molecule has 0 bridgehead atoms. The summed E-state index contributed by atoms with van der Waals surface area (Å²) >= 11 is 0. The molecule has 5 rings (SSSR count). The van der Waals surface area contributed by atoms with Crippen molar-refractivity contribution in [2.75, 3.05) is 18.4 Å². The van der Waals surface area contributed by atoms with Crippen molar-refractivity contribution in [1.82, 2.24) is 9.88 Å². The zero-order chi connectivity index (χ0) is 20.7. The molecule has 154 valence electrons. The van der Waals surface area contributed by atoms with Crippen LogP contribution in [0.2, 0.25) is 0 Å². The second-order valence-corrected chi connectivity index (χ2v) is 8.68. The number of likely N-dealkylation sites (tertiary alicyclic amines) is 1. The SMILES string of the molecule is Cc1ccc2[nH]cc(CCN3CC(C(=O)Nc4ccc5c(c4)CCC5)CC3=O)c2c1. The van der Waals surface area contributed by atoms with Crippen LogP contribution in [-0.2, 0) is 28.9 Å². The lowest BCUT2D eigenvalue weighted by Gasteiger charge is -2.16. The summed E-state index contributed by atoms with van der Waals surface area (Å²) in [4.78, 5) is 30.4. The average Bonchev–Trinajstić information content (AvgIpc) is 3.44. The number of nitrogens with zero attached hydrogens (tertiary/aromatic N) is 1. The molecule has 0 spiro atoms. The Morgan fingerprint density at radius 2 is 2.03 bits per heavy atom. The Balaban J connectivity index is 1.21. The van der Waals surface area contributed by atoms with Gasteiger partial charge in [0.1, 0.15) is 0 Å². The predicted molar refractivity (Wildman–Crippen MR) is 119 cm³/mol. The molecular weight excluding hydrogens is 374 g/mol. The van der Waals surface area contributed by atoms with E-state index in [-0.39, 0.29) is 17.7 Å². The molecule has 1 aliphatic heterocycles. The predicted octanol–water partition coefficient (Wildman–Crippen LogP) is 3.99. The summed E-state index contributed by atoms with van der Waals surface area (Å²) < 4.78 is 0. The van der Waals surface area contributed by atoms with Crippen LogP contribution in [0, 0.1) is 12.8 Å². The number of fused-ring (bicyclic) bond motifs is 2. The second-order valence-electron chi connectivity index (χ2n) is 8.68. The number of nitrogens with one attached hydrogen (secondary N) is 2. The Labute approximate surface area is 176 Å². The molecular formula is C25H27N3O2. The van der Waals surface area contributed by atoms with Crippen LogP contribution >= 0.6 is 0 Å². The zero-order valence-electron chi connectivity index (χ0n) is 17.3. The van der Waals surface area contributed by atoms with Gasteiger partial charge in [-0.3, -0.25) is 9.59 Å². The van der Waals surface area contributed by atoms with Crippen LogP contribution in [0.3, 0.4) is 0 Å². The highest BCUT2D eigenvalue weighted by atomic mass is 16.2. The van der Waals surface area contributed by atoms with Crippen LogP contribution in [0.5, 0.6) is 0 Å². The summed E-state index contributed by atoms with van der Waals surface area (Å²) in [5, 5.41) is 4.25. The van der Waals surface area contributed by atoms with Crippen LogP contribution in [0.15, 0.2) is 42.6 Å². The zero-order valence-corrected chi connectivity index (χ0v) is 17.3. The fourth-order valence-corrected chi connectivity index (χ4v) is 4.81. The average molecular weight is 402 g/mol. The Morgan fingerprint density at radius 1 is 1.17 bits per heavy atom. The minimum absolute atomic E-state index is 0.0495. The van der Waals surface area contributed by atoms with Crippen LogP contribution in [-0.4, -0.2) is 34.8 Å². The largest absolute Gasteiger partial charge is 0.361 e. The molecule has 1 saturated heterocycles. The minimum Gasteiger partial charge on any atom is -0.361 e. The number of aromatic nitrogens is 1. The van der Waals surface area contributed by atoms with Crippen molar-refractivity contribution in [1.29, 1.82) is 0 Å². The summed E-state index contributed by atoms with van der Waals surface area (Å²) in [5.41, 5.74) is 7.14. The maximum Gasteiger partial charge on any atom is 0.229 e.